The average molecular weight is 430 g/mol. The number of rotatable bonds is 4. The fourth-order valence-corrected chi connectivity index (χ4v) is 2.96. The number of aliphatic carboxylic acids is 1. The molecule has 0 spiro atoms. The van der Waals surface area contributed by atoms with Crippen LogP contribution in [0, 0.1) is 0 Å². The summed E-state index contributed by atoms with van der Waals surface area (Å²) in [4.78, 5) is 29.9. The van der Waals surface area contributed by atoms with Crippen molar-refractivity contribution in [3.05, 3.63) is 68.4 Å². The van der Waals surface area contributed by atoms with Crippen LogP contribution in [-0.4, -0.2) is 27.4 Å². The van der Waals surface area contributed by atoms with Crippen molar-refractivity contribution in [2.75, 3.05) is 0 Å². The molecule has 1 unspecified atom stereocenters. The van der Waals surface area contributed by atoms with E-state index >= 15 is 0 Å². The van der Waals surface area contributed by atoms with Crippen molar-refractivity contribution < 1.29 is 15.0 Å². The second-order valence-electron chi connectivity index (χ2n) is 6.22. The molecule has 8 heteroatoms. The Morgan fingerprint density at radius 3 is 2.52 bits per heavy atom. The molecule has 0 radical (unpaired) electrons. The smallest absolute Gasteiger partial charge is 0.328 e. The van der Waals surface area contributed by atoms with Gasteiger partial charge in [0.2, 0.25) is 5.88 Å². The van der Waals surface area contributed by atoms with E-state index in [4.69, 9.17) is 5.73 Å². The molecule has 0 bridgehead atoms. The van der Waals surface area contributed by atoms with Crippen LogP contribution in [0.4, 0.5) is 5.69 Å². The van der Waals surface area contributed by atoms with Gasteiger partial charge in [-0.1, -0.05) is 28.1 Å². The first-order chi connectivity index (χ1) is 12.7. The number of benzene rings is 2. The minimum atomic E-state index is -1.50. The zero-order valence-electron chi connectivity index (χ0n) is 14.2. The summed E-state index contributed by atoms with van der Waals surface area (Å²) >= 11 is 3.35. The van der Waals surface area contributed by atoms with Crippen LogP contribution in [0.1, 0.15) is 18.1 Å². The van der Waals surface area contributed by atoms with Crippen molar-refractivity contribution in [3.8, 4) is 5.88 Å². The molecule has 0 fully saturated rings. The van der Waals surface area contributed by atoms with Crippen molar-refractivity contribution in [2.45, 2.75) is 12.5 Å². The maximum Gasteiger partial charge on any atom is 0.328 e. The Balaban J connectivity index is 2.01. The summed E-state index contributed by atoms with van der Waals surface area (Å²) < 4.78 is 0.759. The van der Waals surface area contributed by atoms with Gasteiger partial charge < -0.3 is 15.9 Å². The van der Waals surface area contributed by atoms with E-state index in [0.29, 0.717) is 27.6 Å². The van der Waals surface area contributed by atoms with Gasteiger partial charge in [-0.05, 0) is 42.8 Å². The Labute approximate surface area is 162 Å². The number of hydrogen-bond donors (Lipinski definition) is 4. The summed E-state index contributed by atoms with van der Waals surface area (Å²) in [6.45, 7) is 1.41. The lowest BCUT2D eigenvalue weighted by atomic mass is 9.93. The lowest BCUT2D eigenvalue weighted by Crippen LogP contribution is -2.41. The van der Waals surface area contributed by atoms with Crippen LogP contribution in [0.5, 0.6) is 5.88 Å². The number of hydrogen-bond acceptors (Lipinski definition) is 5. The van der Waals surface area contributed by atoms with E-state index in [1.165, 1.54) is 13.1 Å². The van der Waals surface area contributed by atoms with Crippen LogP contribution in [0.15, 0.2) is 56.7 Å². The molecule has 7 nitrogen and oxygen atoms in total. The monoisotopic (exact) mass is 429 g/mol. The highest BCUT2D eigenvalue weighted by atomic mass is 79.9. The fourth-order valence-electron chi connectivity index (χ4n) is 2.59. The van der Waals surface area contributed by atoms with Crippen LogP contribution in [0.25, 0.3) is 10.8 Å². The number of carbonyl (C=O) groups is 1. The van der Waals surface area contributed by atoms with Gasteiger partial charge in [0, 0.05) is 21.5 Å². The lowest BCUT2D eigenvalue weighted by Gasteiger charge is -2.19. The van der Waals surface area contributed by atoms with Gasteiger partial charge in [-0.15, -0.1) is 0 Å². The molecule has 0 aliphatic carbocycles. The standard InChI is InChI=1S/C19H16BrN3O4/c1-19(21,18(26)27)10-2-5-12(6-3-10)22-9-15-14-8-11(20)4-7-13(14)16(24)23-17(15)25/h2-9H,21H2,1H3,(H,26,27)(H2,23,24,25). The first-order valence-corrected chi connectivity index (χ1v) is 8.71. The molecule has 0 saturated heterocycles. The van der Waals surface area contributed by atoms with Crippen molar-refractivity contribution in [1.82, 2.24) is 4.98 Å². The SMILES string of the molecule is CC(N)(C(=O)O)c1ccc(N=Cc2c(O)[nH]c(=O)c3ccc(Br)cc23)cc1. The highest BCUT2D eigenvalue weighted by Gasteiger charge is 2.29. The molecule has 5 N–H and O–H groups in total. The van der Waals surface area contributed by atoms with Gasteiger partial charge in [0.25, 0.3) is 5.56 Å². The van der Waals surface area contributed by atoms with E-state index < -0.39 is 17.1 Å². The number of carboxylic acids is 1. The van der Waals surface area contributed by atoms with Crippen molar-refractivity contribution >= 4 is 44.6 Å². The number of aliphatic imine (C=N–C) groups is 1. The van der Waals surface area contributed by atoms with E-state index in [9.17, 15) is 19.8 Å². The van der Waals surface area contributed by atoms with E-state index in [1.807, 2.05) is 0 Å². The Morgan fingerprint density at radius 1 is 1.22 bits per heavy atom. The van der Waals surface area contributed by atoms with Gasteiger partial charge in [0.1, 0.15) is 5.54 Å². The number of aromatic hydroxyl groups is 1. The van der Waals surface area contributed by atoms with Crippen LogP contribution in [0.3, 0.4) is 0 Å². The number of aromatic amines is 1. The number of aromatic nitrogens is 1. The van der Waals surface area contributed by atoms with Crippen LogP contribution in [-0.2, 0) is 10.3 Å². The predicted molar refractivity (Wildman–Crippen MR) is 107 cm³/mol. The summed E-state index contributed by atoms with van der Waals surface area (Å²) in [5.74, 6) is -1.42. The molecule has 0 aliphatic heterocycles. The number of pyridine rings is 1. The van der Waals surface area contributed by atoms with Gasteiger partial charge in [0.15, 0.2) is 0 Å². The maximum absolute atomic E-state index is 12.0. The minimum Gasteiger partial charge on any atom is -0.494 e. The zero-order valence-corrected chi connectivity index (χ0v) is 15.8. The number of nitrogens with two attached hydrogens (primary N) is 1. The van der Waals surface area contributed by atoms with Crippen molar-refractivity contribution in [2.24, 2.45) is 10.7 Å². The third-order valence-electron chi connectivity index (χ3n) is 4.26. The van der Waals surface area contributed by atoms with Crippen molar-refractivity contribution in [3.63, 3.8) is 0 Å². The van der Waals surface area contributed by atoms with Crippen molar-refractivity contribution in [1.29, 1.82) is 0 Å². The first-order valence-electron chi connectivity index (χ1n) is 7.91. The summed E-state index contributed by atoms with van der Waals surface area (Å²) in [5, 5.41) is 20.3. The molecule has 3 rings (SSSR count). The molecule has 1 heterocycles. The molecular formula is C19H16BrN3O4. The van der Waals surface area contributed by atoms with Crippen LogP contribution < -0.4 is 11.3 Å². The second kappa shape index (κ2) is 6.98. The van der Waals surface area contributed by atoms with Gasteiger partial charge in [0.05, 0.1) is 11.3 Å². The fraction of sp³-hybridized carbons (Fsp3) is 0.105. The molecule has 2 aromatic carbocycles. The molecule has 0 saturated carbocycles. The van der Waals surface area contributed by atoms with Crippen LogP contribution in [0.2, 0.25) is 0 Å². The van der Waals surface area contributed by atoms with Gasteiger partial charge in [-0.2, -0.15) is 0 Å². The Bertz CT molecular complexity index is 1120. The number of nitrogens with zero attached hydrogens (tertiary/aromatic N) is 1. The average Bonchev–Trinajstić information content (AvgIpc) is 2.61. The molecule has 1 atom stereocenters. The van der Waals surface area contributed by atoms with E-state index in [1.54, 1.807) is 42.5 Å². The molecule has 138 valence electrons. The predicted octanol–water partition coefficient (Wildman–Crippen LogP) is 3.01. The highest BCUT2D eigenvalue weighted by molar-refractivity contribution is 9.10. The topological polar surface area (TPSA) is 129 Å². The van der Waals surface area contributed by atoms with Crippen LogP contribution >= 0.6 is 15.9 Å². The normalized spacial score (nSPS) is 13.7. The number of halogens is 1. The molecule has 0 amide bonds. The van der Waals surface area contributed by atoms with E-state index in [-0.39, 0.29) is 5.88 Å². The molecule has 0 aliphatic rings. The summed E-state index contributed by atoms with van der Waals surface area (Å²) in [6, 6.07) is 11.5. The Hall–Kier alpha value is -2.97. The summed E-state index contributed by atoms with van der Waals surface area (Å²) in [7, 11) is 0. The highest BCUT2D eigenvalue weighted by Crippen LogP contribution is 2.26. The number of H-pyrrole nitrogens is 1. The Morgan fingerprint density at radius 2 is 1.89 bits per heavy atom. The molecule has 3 aromatic rings. The lowest BCUT2D eigenvalue weighted by molar-refractivity contribution is -0.143. The number of fused-ring (bicyclic) bond motifs is 1. The zero-order chi connectivity index (χ0) is 19.8. The molecule has 1 aromatic heterocycles. The number of carboxylic acid groups (broad SMARTS) is 1. The largest absolute Gasteiger partial charge is 0.494 e. The summed E-state index contributed by atoms with van der Waals surface area (Å²) in [6.07, 6.45) is 1.44. The summed E-state index contributed by atoms with van der Waals surface area (Å²) in [5.41, 5.74) is 5.24. The Kier molecular flexibility index (Phi) is 4.86. The second-order valence-corrected chi connectivity index (χ2v) is 7.13. The molecule has 27 heavy (non-hydrogen) atoms. The third-order valence-corrected chi connectivity index (χ3v) is 4.75. The third kappa shape index (κ3) is 3.62. The van der Waals surface area contributed by atoms with Gasteiger partial charge >= 0.3 is 5.97 Å². The van der Waals surface area contributed by atoms with Gasteiger partial charge in [-0.3, -0.25) is 14.8 Å². The van der Waals surface area contributed by atoms with E-state index in [0.717, 1.165) is 4.47 Å². The maximum atomic E-state index is 12.0. The van der Waals surface area contributed by atoms with Gasteiger partial charge in [-0.25, -0.2) is 4.79 Å². The van der Waals surface area contributed by atoms with E-state index in [2.05, 4.69) is 25.9 Å². The molecular weight excluding hydrogens is 414 g/mol. The first kappa shape index (κ1) is 18.8. The quantitative estimate of drug-likeness (QED) is 0.473. The number of nitrogens with one attached hydrogen (secondary N) is 1. The minimum absolute atomic E-state index is 0.286.